The van der Waals surface area contributed by atoms with Gasteiger partial charge in [0.25, 0.3) is 41.2 Å². The molecule has 2 aromatic heterocycles. The van der Waals surface area contributed by atoms with Crippen molar-refractivity contribution in [2.75, 3.05) is 133 Å². The summed E-state index contributed by atoms with van der Waals surface area (Å²) >= 11 is 0. The van der Waals surface area contributed by atoms with E-state index in [1.807, 2.05) is 69.7 Å². The van der Waals surface area contributed by atoms with Gasteiger partial charge in [0.15, 0.2) is 0 Å². The SMILES string of the molecule is COc1cc(-c2cn(C)c(=O)c3c2CCN(C(=O)NCCOCCNc2cccc4c2C(=O)N(C2CCC(=O)NC2=O)C4=O)C3)c(OC)cc1CN(C)C.COc1cc(-c2cn(C)c(=O)c3c2CCNC3)c(OC)cc1CN(C)C.NCCOCCNc1cccc2c1C(=O)N(C1CCC(=O)NC1=O)C2=O.O=CO. The van der Waals surface area contributed by atoms with Crippen LogP contribution in [-0.2, 0) is 86.6 Å². The number of methoxy groups -OCH3 is 4. The Hall–Kier alpha value is -11.4. The van der Waals surface area contributed by atoms with Gasteiger partial charge >= 0.3 is 6.03 Å². The molecule has 2 fully saturated rings. The molecular formula is C76H94N14O19. The number of piperidine rings is 2. The first kappa shape index (κ1) is 81.7. The molecule has 0 bridgehead atoms. The molecule has 0 aliphatic carbocycles. The van der Waals surface area contributed by atoms with E-state index in [0.717, 1.165) is 90.9 Å². The third-order valence-corrected chi connectivity index (χ3v) is 18.9. The van der Waals surface area contributed by atoms with Crippen molar-refractivity contribution < 1.29 is 81.5 Å². The number of pyridine rings is 2. The van der Waals surface area contributed by atoms with E-state index in [1.165, 1.54) is 10.6 Å². The highest BCUT2D eigenvalue weighted by Crippen LogP contribution is 2.42. The topological polar surface area (TPSA) is 405 Å². The summed E-state index contributed by atoms with van der Waals surface area (Å²) in [7, 11) is 18.1. The molecule has 4 aromatic carbocycles. The lowest BCUT2D eigenvalue weighted by Gasteiger charge is -2.30. The molecule has 2 saturated heterocycles. The minimum atomic E-state index is -1.05. The summed E-state index contributed by atoms with van der Waals surface area (Å²) in [5, 5.41) is 23.6. The third kappa shape index (κ3) is 18.6. The Morgan fingerprint density at radius 1 is 0.560 bits per heavy atom. The molecule has 0 saturated carbocycles. The van der Waals surface area contributed by atoms with Crippen LogP contribution in [0.4, 0.5) is 16.2 Å². The number of amides is 10. The number of nitrogens with two attached hydrogens (primary N) is 1. The summed E-state index contributed by atoms with van der Waals surface area (Å²) in [4.78, 5) is 154. The van der Waals surface area contributed by atoms with E-state index in [4.69, 9.17) is 44.1 Å². The molecule has 0 spiro atoms. The Morgan fingerprint density at radius 2 is 1.00 bits per heavy atom. The van der Waals surface area contributed by atoms with Crippen LogP contribution in [0, 0.1) is 0 Å². The monoisotopic (exact) mass is 1510 g/mol. The van der Waals surface area contributed by atoms with Crippen LogP contribution in [0.5, 0.6) is 23.0 Å². The predicted octanol–water partition coefficient (Wildman–Crippen LogP) is 2.68. The van der Waals surface area contributed by atoms with E-state index >= 15 is 0 Å². The number of fused-ring (bicyclic) bond motifs is 4. The van der Waals surface area contributed by atoms with Gasteiger partial charge in [0, 0.05) is 148 Å². The molecule has 2 unspecified atom stereocenters. The number of nitrogens with one attached hydrogen (secondary N) is 6. The van der Waals surface area contributed by atoms with Crippen molar-refractivity contribution in [2.45, 2.75) is 76.8 Å². The number of benzene rings is 4. The quantitative estimate of drug-likeness (QED) is 0.0232. The lowest BCUT2D eigenvalue weighted by molar-refractivity contribution is -0.137. The van der Waals surface area contributed by atoms with Gasteiger partial charge in [-0.25, -0.2) is 4.79 Å². The van der Waals surface area contributed by atoms with Gasteiger partial charge in [-0.05, 0) is 120 Å². The number of hydrogen-bond donors (Lipinski definition) is 8. The lowest BCUT2D eigenvalue weighted by atomic mass is 9.91. The normalized spacial score (nSPS) is 16.3. The minimum absolute atomic E-state index is 0.0407. The molecule has 6 aromatic rings. The Balaban J connectivity index is 0.000000207. The number of ether oxygens (including phenoxy) is 6. The van der Waals surface area contributed by atoms with E-state index in [1.54, 1.807) is 82.3 Å². The summed E-state index contributed by atoms with van der Waals surface area (Å²) in [6, 6.07) is 15.4. The number of anilines is 2. The maximum absolute atomic E-state index is 13.3. The Kier molecular flexibility index (Phi) is 28.1. The molecule has 2 atom stereocenters. The van der Waals surface area contributed by atoms with Gasteiger partial charge in [-0.2, -0.15) is 0 Å². The fourth-order valence-electron chi connectivity index (χ4n) is 13.9. The highest BCUT2D eigenvalue weighted by Gasteiger charge is 2.47. The number of carboxylic acid groups (broad SMARTS) is 1. The number of nitrogens with zero attached hydrogens (tertiary/aromatic N) is 7. The van der Waals surface area contributed by atoms with Crippen LogP contribution in [0.3, 0.4) is 0 Å². The van der Waals surface area contributed by atoms with Crippen LogP contribution in [0.2, 0.25) is 0 Å². The maximum Gasteiger partial charge on any atom is 0.317 e. The average Bonchev–Trinajstić information content (AvgIpc) is 1.09. The van der Waals surface area contributed by atoms with E-state index in [2.05, 4.69) is 36.8 Å². The van der Waals surface area contributed by atoms with Crippen molar-refractivity contribution in [3.63, 3.8) is 0 Å². The zero-order valence-corrected chi connectivity index (χ0v) is 62.8. The van der Waals surface area contributed by atoms with Gasteiger partial charge < -0.3 is 84.4 Å². The zero-order chi connectivity index (χ0) is 78.9. The van der Waals surface area contributed by atoms with Crippen LogP contribution in [0.1, 0.15) is 100 Å². The zero-order valence-electron chi connectivity index (χ0n) is 62.8. The lowest BCUT2D eigenvalue weighted by Crippen LogP contribution is -2.54. The minimum Gasteiger partial charge on any atom is -0.496 e. The standard InChI is InChI=1S/C38H45N7O9.C20H27N3O3.C17H20N4O5.CH2O2/c1-42(2)19-22-17-31(53-5)25(18-30(22)52-4)26-20-43(3)35(48)27-21-44(14-11-23(26)27)38(51)40-13-16-54-15-12-39-28-8-6-7-24-33(28)37(50)45(36(24)49)29-9-10-32(46)41-34(29)47;1-22(2)11-13-8-19(26-5)15(9-18(13)25-4)17-12-23(3)20(24)16-10-21-7-6-14(16)17;18-6-8-26-9-7-19-11-3-1-2-10-14(11)17(25)21(16(10)24)12-4-5-13(22)20-15(12)23;2-1-3/h6-8,17-18,20,29,39H,9-16,19,21H2,1-5H3,(H,40,51)(H,41,46,47);8-9,12,21H,6-7,10-11H2,1-5H3;1-3,12,19H,4-9,18H2,(H,20,22,23);1H,(H,2,3). The molecule has 12 rings (SSSR count). The summed E-state index contributed by atoms with van der Waals surface area (Å²) < 4.78 is 37.0. The first-order valence-corrected chi connectivity index (χ1v) is 35.4. The van der Waals surface area contributed by atoms with Crippen LogP contribution >= 0.6 is 0 Å². The fraction of sp³-hybridized carbons (Fsp3) is 0.421. The number of carbonyl (C=O) groups excluding carboxylic acids is 9. The van der Waals surface area contributed by atoms with Gasteiger partial charge in [0.05, 0.1) is 83.7 Å². The maximum atomic E-state index is 13.3. The second-order valence-corrected chi connectivity index (χ2v) is 26.7. The van der Waals surface area contributed by atoms with E-state index in [-0.39, 0.29) is 97.9 Å². The van der Waals surface area contributed by atoms with Crippen LogP contribution in [0.25, 0.3) is 22.3 Å². The number of carbonyl (C=O) groups is 10. The molecule has 10 amide bonds. The number of hydrogen-bond acceptors (Lipinski definition) is 24. The first-order chi connectivity index (χ1) is 52.3. The van der Waals surface area contributed by atoms with Gasteiger partial charge in [0.1, 0.15) is 35.1 Å². The van der Waals surface area contributed by atoms with E-state index in [9.17, 15) is 52.7 Å². The van der Waals surface area contributed by atoms with Crippen molar-refractivity contribution in [1.29, 1.82) is 0 Å². The molecule has 8 heterocycles. The van der Waals surface area contributed by atoms with Gasteiger partial charge in [-0.15, -0.1) is 0 Å². The molecule has 109 heavy (non-hydrogen) atoms. The summed E-state index contributed by atoms with van der Waals surface area (Å²) in [5.74, 6) is -1.37. The fourth-order valence-corrected chi connectivity index (χ4v) is 13.9. The second kappa shape index (κ2) is 37.4. The number of aromatic nitrogens is 2. The van der Waals surface area contributed by atoms with Crippen LogP contribution in [0.15, 0.2) is 82.6 Å². The second-order valence-electron chi connectivity index (χ2n) is 26.7. The van der Waals surface area contributed by atoms with Crippen molar-refractivity contribution in [3.8, 4) is 45.3 Å². The van der Waals surface area contributed by atoms with Crippen molar-refractivity contribution in [2.24, 2.45) is 19.8 Å². The molecular weight excluding hydrogens is 1410 g/mol. The molecule has 33 nitrogen and oxygen atoms in total. The summed E-state index contributed by atoms with van der Waals surface area (Å²) in [6.45, 7) is 5.88. The molecule has 582 valence electrons. The molecule has 9 N–H and O–H groups in total. The highest BCUT2D eigenvalue weighted by molar-refractivity contribution is 6.26. The van der Waals surface area contributed by atoms with E-state index < -0.39 is 59.3 Å². The Morgan fingerprint density at radius 3 is 1.44 bits per heavy atom. The molecule has 0 radical (unpaired) electrons. The predicted molar refractivity (Wildman–Crippen MR) is 401 cm³/mol. The Labute approximate surface area is 629 Å². The number of rotatable bonds is 25. The number of aryl methyl sites for hydroxylation is 2. The summed E-state index contributed by atoms with van der Waals surface area (Å²) in [6.07, 6.45) is 5.36. The first-order valence-electron chi connectivity index (χ1n) is 35.4. The molecule has 33 heteroatoms. The number of imide groups is 4. The molecule has 6 aliphatic heterocycles. The van der Waals surface area contributed by atoms with Gasteiger partial charge in [-0.3, -0.25) is 73.2 Å². The van der Waals surface area contributed by atoms with Gasteiger partial charge in [0.2, 0.25) is 23.6 Å². The largest absolute Gasteiger partial charge is 0.496 e. The molecule has 6 aliphatic rings. The smallest absolute Gasteiger partial charge is 0.317 e. The number of urea groups is 1. The van der Waals surface area contributed by atoms with Crippen LogP contribution in [-0.4, -0.2) is 233 Å². The van der Waals surface area contributed by atoms with Crippen molar-refractivity contribution in [1.82, 2.24) is 54.9 Å². The Bertz CT molecular complexity index is 4590. The van der Waals surface area contributed by atoms with Crippen LogP contribution < -0.4 is 67.7 Å². The highest BCUT2D eigenvalue weighted by atomic mass is 16.5. The third-order valence-electron chi connectivity index (χ3n) is 18.9. The van der Waals surface area contributed by atoms with Crippen molar-refractivity contribution in [3.05, 3.63) is 149 Å². The van der Waals surface area contributed by atoms with Gasteiger partial charge in [-0.1, -0.05) is 12.1 Å². The van der Waals surface area contributed by atoms with Crippen molar-refractivity contribution >= 4 is 71.1 Å². The summed E-state index contributed by atoms with van der Waals surface area (Å²) in [5.41, 5.74) is 16.1. The average molecular weight is 1510 g/mol. The van der Waals surface area contributed by atoms with E-state index in [0.29, 0.717) is 87.3 Å².